The molecule has 0 spiro atoms. The van der Waals surface area contributed by atoms with E-state index in [1.165, 1.54) is 21.4 Å². The number of hydrogen-bond donors (Lipinski definition) is 0. The lowest BCUT2D eigenvalue weighted by Gasteiger charge is -2.17. The molecule has 4 heterocycles. The molecule has 2 aliphatic rings. The van der Waals surface area contributed by atoms with Gasteiger partial charge in [0.05, 0.1) is 23.4 Å². The third kappa shape index (κ3) is 1.36. The third-order valence-corrected chi connectivity index (χ3v) is 5.09. The van der Waals surface area contributed by atoms with Gasteiger partial charge in [-0.25, -0.2) is 9.98 Å². The highest BCUT2D eigenvalue weighted by Gasteiger charge is 2.28. The van der Waals surface area contributed by atoms with Crippen LogP contribution < -0.4 is 0 Å². The van der Waals surface area contributed by atoms with Crippen LogP contribution in [-0.2, 0) is 0 Å². The summed E-state index contributed by atoms with van der Waals surface area (Å²) in [7, 11) is 0. The molecule has 0 N–H and O–H groups in total. The standard InChI is InChI=1S/C14H14N4S/c1-7-8(2)10-11-12(19-14(10)17-9(7)3)13-15-4-5-18(13)6-16-11/h6H,4-5H2,1-3H3. The Labute approximate surface area is 115 Å². The van der Waals surface area contributed by atoms with Gasteiger partial charge in [-0.1, -0.05) is 0 Å². The normalized spacial score (nSPS) is 16.8. The van der Waals surface area contributed by atoms with Gasteiger partial charge in [-0.15, -0.1) is 11.3 Å². The number of pyridine rings is 1. The fourth-order valence-corrected chi connectivity index (χ4v) is 3.95. The van der Waals surface area contributed by atoms with E-state index in [1.807, 2.05) is 6.34 Å². The number of hydrogen-bond acceptors (Lipinski definition) is 5. The predicted octanol–water partition coefficient (Wildman–Crippen LogP) is 2.96. The van der Waals surface area contributed by atoms with Crippen LogP contribution in [0.1, 0.15) is 21.7 Å². The van der Waals surface area contributed by atoms with Gasteiger partial charge in [-0.05, 0) is 31.9 Å². The van der Waals surface area contributed by atoms with Crippen LogP contribution in [0, 0.1) is 20.8 Å². The van der Waals surface area contributed by atoms with E-state index in [9.17, 15) is 0 Å². The minimum absolute atomic E-state index is 0.861. The van der Waals surface area contributed by atoms with Gasteiger partial charge in [0.15, 0.2) is 0 Å². The Morgan fingerprint density at radius 1 is 1.21 bits per heavy atom. The highest BCUT2D eigenvalue weighted by atomic mass is 32.1. The highest BCUT2D eigenvalue weighted by molar-refractivity contribution is 7.21. The second kappa shape index (κ2) is 3.63. The van der Waals surface area contributed by atoms with E-state index in [4.69, 9.17) is 4.98 Å². The lowest BCUT2D eigenvalue weighted by molar-refractivity contribution is 0.682. The van der Waals surface area contributed by atoms with Crippen LogP contribution in [0.3, 0.4) is 0 Å². The molecule has 96 valence electrons. The molecule has 0 aromatic carbocycles. The maximum absolute atomic E-state index is 4.73. The third-order valence-electron chi connectivity index (χ3n) is 4.02. The molecule has 0 unspecified atom stereocenters. The van der Waals surface area contributed by atoms with Gasteiger partial charge in [0.2, 0.25) is 0 Å². The SMILES string of the molecule is Cc1nc2sc3c(c2c(C)c1C)N=CN1CCN=C31. The summed E-state index contributed by atoms with van der Waals surface area (Å²) in [6.07, 6.45) is 1.91. The Hall–Kier alpha value is -1.75. The summed E-state index contributed by atoms with van der Waals surface area (Å²) in [5.74, 6) is 1.07. The first kappa shape index (κ1) is 11.1. The molecule has 0 aliphatic carbocycles. The zero-order chi connectivity index (χ0) is 13.1. The number of nitrogens with zero attached hydrogens (tertiary/aromatic N) is 4. The molecule has 0 atom stereocenters. The van der Waals surface area contributed by atoms with E-state index in [0.717, 1.165) is 35.1 Å². The molecule has 0 radical (unpaired) electrons. The Morgan fingerprint density at radius 2 is 2.05 bits per heavy atom. The van der Waals surface area contributed by atoms with Crippen molar-refractivity contribution in [3.8, 4) is 0 Å². The van der Waals surface area contributed by atoms with Gasteiger partial charge < -0.3 is 4.90 Å². The van der Waals surface area contributed by atoms with E-state index in [1.54, 1.807) is 11.3 Å². The molecule has 19 heavy (non-hydrogen) atoms. The summed E-state index contributed by atoms with van der Waals surface area (Å²) in [5.41, 5.74) is 4.73. The minimum atomic E-state index is 0.861. The van der Waals surface area contributed by atoms with Gasteiger partial charge in [-0.2, -0.15) is 0 Å². The van der Waals surface area contributed by atoms with Crippen molar-refractivity contribution >= 4 is 39.4 Å². The Kier molecular flexibility index (Phi) is 2.12. The second-order valence-electron chi connectivity index (χ2n) is 5.05. The van der Waals surface area contributed by atoms with Crippen LogP contribution in [0.5, 0.6) is 0 Å². The first-order chi connectivity index (χ1) is 9.16. The zero-order valence-corrected chi connectivity index (χ0v) is 12.0. The quantitative estimate of drug-likeness (QED) is 0.738. The predicted molar refractivity (Wildman–Crippen MR) is 80.1 cm³/mol. The Morgan fingerprint density at radius 3 is 2.89 bits per heavy atom. The van der Waals surface area contributed by atoms with Crippen LogP contribution in [-0.4, -0.2) is 35.1 Å². The van der Waals surface area contributed by atoms with Crippen molar-refractivity contribution in [2.24, 2.45) is 9.98 Å². The van der Waals surface area contributed by atoms with E-state index < -0.39 is 0 Å². The highest BCUT2D eigenvalue weighted by Crippen LogP contribution is 2.42. The molecule has 4 rings (SSSR count). The van der Waals surface area contributed by atoms with Crippen molar-refractivity contribution in [3.05, 3.63) is 21.7 Å². The maximum atomic E-state index is 4.73. The molecule has 0 bridgehead atoms. The topological polar surface area (TPSA) is 40.9 Å². The van der Waals surface area contributed by atoms with Crippen molar-refractivity contribution in [3.63, 3.8) is 0 Å². The fourth-order valence-electron chi connectivity index (χ4n) is 2.70. The van der Waals surface area contributed by atoms with Crippen LogP contribution in [0.2, 0.25) is 0 Å². The van der Waals surface area contributed by atoms with Gasteiger partial charge in [0, 0.05) is 17.6 Å². The smallest absolute Gasteiger partial charge is 0.148 e. The van der Waals surface area contributed by atoms with E-state index in [-0.39, 0.29) is 0 Å². The molecule has 0 saturated carbocycles. The van der Waals surface area contributed by atoms with E-state index in [0.29, 0.717) is 0 Å². The number of aliphatic imine (C=N–C) groups is 2. The Bertz CT molecular complexity index is 770. The minimum Gasteiger partial charge on any atom is -0.314 e. The monoisotopic (exact) mass is 270 g/mol. The second-order valence-corrected chi connectivity index (χ2v) is 6.05. The van der Waals surface area contributed by atoms with E-state index in [2.05, 4.69) is 35.7 Å². The fraction of sp³-hybridized carbons (Fsp3) is 0.357. The number of rotatable bonds is 0. The molecule has 5 heteroatoms. The average Bonchev–Trinajstić information content (AvgIpc) is 2.98. The van der Waals surface area contributed by atoms with Gasteiger partial charge in [0.1, 0.15) is 10.7 Å². The van der Waals surface area contributed by atoms with Crippen LogP contribution in [0.15, 0.2) is 9.98 Å². The molecule has 0 fully saturated rings. The van der Waals surface area contributed by atoms with Crippen molar-refractivity contribution in [1.29, 1.82) is 0 Å². The molecule has 2 aliphatic heterocycles. The first-order valence-corrected chi connectivity index (χ1v) is 7.24. The summed E-state index contributed by atoms with van der Waals surface area (Å²) in [4.78, 5) is 18.4. The summed E-state index contributed by atoms with van der Waals surface area (Å²) >= 11 is 1.72. The number of fused-ring (bicyclic) bond motifs is 5. The Balaban J connectivity index is 2.11. The summed E-state index contributed by atoms with van der Waals surface area (Å²) in [6.45, 7) is 8.17. The van der Waals surface area contributed by atoms with Crippen LogP contribution >= 0.6 is 11.3 Å². The van der Waals surface area contributed by atoms with Crippen molar-refractivity contribution in [2.75, 3.05) is 13.1 Å². The largest absolute Gasteiger partial charge is 0.314 e. The summed E-state index contributed by atoms with van der Waals surface area (Å²) < 4.78 is 0. The van der Waals surface area contributed by atoms with Crippen LogP contribution in [0.4, 0.5) is 5.69 Å². The first-order valence-electron chi connectivity index (χ1n) is 6.43. The molecule has 0 saturated heterocycles. The number of thiophene rings is 1. The molecule has 2 aromatic rings. The zero-order valence-electron chi connectivity index (χ0n) is 11.2. The molecular formula is C14H14N4S. The summed E-state index contributed by atoms with van der Waals surface area (Å²) in [5, 5.41) is 1.20. The lowest BCUT2D eigenvalue weighted by atomic mass is 10.0. The molecule has 2 aromatic heterocycles. The van der Waals surface area contributed by atoms with Crippen LogP contribution in [0.25, 0.3) is 10.2 Å². The number of aromatic nitrogens is 1. The van der Waals surface area contributed by atoms with Gasteiger partial charge in [0.25, 0.3) is 0 Å². The van der Waals surface area contributed by atoms with Crippen molar-refractivity contribution in [2.45, 2.75) is 20.8 Å². The van der Waals surface area contributed by atoms with Gasteiger partial charge >= 0.3 is 0 Å². The van der Waals surface area contributed by atoms with E-state index >= 15 is 0 Å². The average molecular weight is 270 g/mol. The van der Waals surface area contributed by atoms with Crippen molar-refractivity contribution in [1.82, 2.24) is 9.88 Å². The molecule has 0 amide bonds. The molecule has 4 nitrogen and oxygen atoms in total. The number of amidine groups is 1. The van der Waals surface area contributed by atoms with Crippen molar-refractivity contribution < 1.29 is 0 Å². The molecular weight excluding hydrogens is 256 g/mol. The van der Waals surface area contributed by atoms with Gasteiger partial charge in [-0.3, -0.25) is 4.99 Å². The lowest BCUT2D eigenvalue weighted by Crippen LogP contribution is -2.28. The summed E-state index contributed by atoms with van der Waals surface area (Å²) in [6, 6.07) is 0. The number of aryl methyl sites for hydroxylation is 2. The maximum Gasteiger partial charge on any atom is 0.148 e.